The van der Waals surface area contributed by atoms with E-state index in [9.17, 15) is 9.59 Å². The number of likely N-dealkylation sites (N-methyl/N-ethyl adjacent to an activating group) is 1. The zero-order valence-corrected chi connectivity index (χ0v) is 17.1. The predicted molar refractivity (Wildman–Crippen MR) is 102 cm³/mol. The van der Waals surface area contributed by atoms with Crippen LogP contribution in [0.2, 0.25) is 0 Å². The summed E-state index contributed by atoms with van der Waals surface area (Å²) >= 11 is 1.66. The number of hydrogen-bond donors (Lipinski definition) is 2. The van der Waals surface area contributed by atoms with Crippen molar-refractivity contribution in [3.05, 3.63) is 22.4 Å². The van der Waals surface area contributed by atoms with E-state index in [0.717, 1.165) is 0 Å². The molecule has 142 valence electrons. The predicted octanol–water partition coefficient (Wildman–Crippen LogP) is 3.02. The first-order valence-electron chi connectivity index (χ1n) is 8.48. The van der Waals surface area contributed by atoms with Crippen molar-refractivity contribution in [1.29, 1.82) is 0 Å². The number of amides is 2. The number of carbonyl (C=O) groups is 2. The van der Waals surface area contributed by atoms with Crippen molar-refractivity contribution in [2.75, 3.05) is 20.6 Å². The molecule has 1 heterocycles. The fourth-order valence-corrected chi connectivity index (χ4v) is 3.22. The molecule has 25 heavy (non-hydrogen) atoms. The summed E-state index contributed by atoms with van der Waals surface area (Å²) in [5.74, 6) is -0.253. The van der Waals surface area contributed by atoms with Gasteiger partial charge in [-0.25, -0.2) is 4.79 Å². The lowest BCUT2D eigenvalue weighted by molar-refractivity contribution is -0.124. The summed E-state index contributed by atoms with van der Waals surface area (Å²) in [4.78, 5) is 27.8. The molecule has 0 radical (unpaired) electrons. The Kier molecular flexibility index (Phi) is 7.89. The van der Waals surface area contributed by atoms with Crippen LogP contribution in [0.15, 0.2) is 17.5 Å². The molecule has 1 aromatic rings. The molecule has 0 aliphatic rings. The van der Waals surface area contributed by atoms with Crippen LogP contribution >= 0.6 is 11.3 Å². The minimum absolute atomic E-state index is 0.0490. The molecule has 7 heteroatoms. The van der Waals surface area contributed by atoms with Gasteiger partial charge < -0.3 is 20.3 Å². The van der Waals surface area contributed by atoms with E-state index >= 15 is 0 Å². The van der Waals surface area contributed by atoms with Gasteiger partial charge in [0.1, 0.15) is 11.6 Å². The topological polar surface area (TPSA) is 70.7 Å². The highest BCUT2D eigenvalue weighted by atomic mass is 32.1. The first-order valence-corrected chi connectivity index (χ1v) is 9.36. The Bertz CT molecular complexity index is 550. The molecular weight excluding hydrogens is 338 g/mol. The molecule has 0 aliphatic heterocycles. The van der Waals surface area contributed by atoms with E-state index in [2.05, 4.69) is 21.6 Å². The van der Waals surface area contributed by atoms with Crippen LogP contribution < -0.4 is 10.6 Å². The van der Waals surface area contributed by atoms with Crippen LogP contribution in [-0.4, -0.2) is 49.2 Å². The third-order valence-corrected chi connectivity index (χ3v) is 4.56. The maximum Gasteiger partial charge on any atom is 0.408 e. The Balaban J connectivity index is 2.68. The fraction of sp³-hybridized carbons (Fsp3) is 0.667. The van der Waals surface area contributed by atoms with Gasteiger partial charge in [0.05, 0.1) is 6.04 Å². The molecule has 0 bridgehead atoms. The smallest absolute Gasteiger partial charge is 0.408 e. The van der Waals surface area contributed by atoms with Gasteiger partial charge >= 0.3 is 6.09 Å². The number of ether oxygens (including phenoxy) is 1. The molecule has 1 rings (SSSR count). The molecule has 2 amide bonds. The van der Waals surface area contributed by atoms with Crippen LogP contribution in [0.4, 0.5) is 4.79 Å². The Hall–Kier alpha value is -1.60. The van der Waals surface area contributed by atoms with Crippen LogP contribution in [0.1, 0.15) is 45.5 Å². The van der Waals surface area contributed by atoms with Gasteiger partial charge in [-0.2, -0.15) is 0 Å². The lowest BCUT2D eigenvalue weighted by Crippen LogP contribution is -2.51. The molecule has 0 aliphatic carbocycles. The highest BCUT2D eigenvalue weighted by Crippen LogP contribution is 2.22. The second-order valence-electron chi connectivity index (χ2n) is 7.61. The molecule has 0 fully saturated rings. The summed E-state index contributed by atoms with van der Waals surface area (Å²) in [5, 5.41) is 7.66. The Morgan fingerprint density at radius 3 is 2.36 bits per heavy atom. The van der Waals surface area contributed by atoms with Crippen molar-refractivity contribution < 1.29 is 14.3 Å². The number of thiophene rings is 1. The Labute approximate surface area is 154 Å². The van der Waals surface area contributed by atoms with Gasteiger partial charge in [-0.15, -0.1) is 11.3 Å². The van der Waals surface area contributed by atoms with Gasteiger partial charge in [-0.1, -0.05) is 19.9 Å². The van der Waals surface area contributed by atoms with Crippen LogP contribution in [0.25, 0.3) is 0 Å². The van der Waals surface area contributed by atoms with Gasteiger partial charge in [-0.05, 0) is 52.2 Å². The third-order valence-electron chi connectivity index (χ3n) is 3.59. The number of carbonyl (C=O) groups excluding carboxylic acids is 2. The summed E-state index contributed by atoms with van der Waals surface area (Å²) in [6.07, 6.45) is -0.580. The zero-order valence-electron chi connectivity index (χ0n) is 16.3. The van der Waals surface area contributed by atoms with E-state index in [0.29, 0.717) is 6.54 Å². The Morgan fingerprint density at radius 1 is 1.28 bits per heavy atom. The molecule has 0 saturated carbocycles. The lowest BCUT2D eigenvalue weighted by atomic mass is 10.0. The van der Waals surface area contributed by atoms with Crippen molar-refractivity contribution in [2.24, 2.45) is 5.92 Å². The number of nitrogens with one attached hydrogen (secondary N) is 2. The van der Waals surface area contributed by atoms with E-state index in [-0.39, 0.29) is 17.9 Å². The quantitative estimate of drug-likeness (QED) is 0.775. The van der Waals surface area contributed by atoms with Crippen LogP contribution in [-0.2, 0) is 9.53 Å². The monoisotopic (exact) mass is 369 g/mol. The average molecular weight is 370 g/mol. The second-order valence-corrected chi connectivity index (χ2v) is 8.59. The van der Waals surface area contributed by atoms with Crippen molar-refractivity contribution in [3.8, 4) is 0 Å². The second kappa shape index (κ2) is 9.20. The van der Waals surface area contributed by atoms with Gasteiger partial charge in [0.25, 0.3) is 0 Å². The number of hydrogen-bond acceptors (Lipinski definition) is 5. The fourth-order valence-electron chi connectivity index (χ4n) is 2.30. The highest BCUT2D eigenvalue weighted by Gasteiger charge is 2.27. The van der Waals surface area contributed by atoms with Crippen molar-refractivity contribution >= 4 is 23.3 Å². The molecule has 1 aromatic heterocycles. The van der Waals surface area contributed by atoms with E-state index < -0.39 is 17.7 Å². The molecule has 0 saturated heterocycles. The van der Waals surface area contributed by atoms with Gasteiger partial charge in [0.15, 0.2) is 0 Å². The van der Waals surface area contributed by atoms with Gasteiger partial charge in [0, 0.05) is 11.4 Å². The molecular formula is C18H31N3O3S. The largest absolute Gasteiger partial charge is 0.444 e. The number of rotatable bonds is 7. The molecule has 2 atom stereocenters. The Morgan fingerprint density at radius 2 is 1.92 bits per heavy atom. The summed E-state index contributed by atoms with van der Waals surface area (Å²) < 4.78 is 5.25. The highest BCUT2D eigenvalue weighted by molar-refractivity contribution is 7.10. The third kappa shape index (κ3) is 7.44. The summed E-state index contributed by atoms with van der Waals surface area (Å²) in [5.41, 5.74) is -0.600. The maximum absolute atomic E-state index is 12.6. The standard InChI is InChI=1S/C18H31N3O3S/c1-12(2)15(20-17(23)24-18(3,4)5)16(22)19-11-13(21(6)7)14-9-8-10-25-14/h8-10,12-13,15H,11H2,1-7H3,(H,19,22)(H,20,23). The molecule has 2 N–H and O–H groups in total. The van der Waals surface area contributed by atoms with Crippen molar-refractivity contribution in [1.82, 2.24) is 15.5 Å². The van der Waals surface area contributed by atoms with E-state index in [1.807, 2.05) is 39.4 Å². The lowest BCUT2D eigenvalue weighted by Gasteiger charge is -2.27. The first kappa shape index (κ1) is 21.4. The zero-order chi connectivity index (χ0) is 19.2. The summed E-state index contributed by atoms with van der Waals surface area (Å²) in [7, 11) is 3.96. The maximum atomic E-state index is 12.6. The van der Waals surface area contributed by atoms with E-state index in [1.165, 1.54) is 4.88 Å². The van der Waals surface area contributed by atoms with E-state index in [1.54, 1.807) is 32.1 Å². The first-order chi connectivity index (χ1) is 11.5. The van der Waals surface area contributed by atoms with Gasteiger partial charge in [0.2, 0.25) is 5.91 Å². The minimum Gasteiger partial charge on any atom is -0.444 e. The molecule has 2 unspecified atom stereocenters. The van der Waals surface area contributed by atoms with Crippen LogP contribution in [0, 0.1) is 5.92 Å². The average Bonchev–Trinajstić information content (AvgIpc) is 2.96. The van der Waals surface area contributed by atoms with Crippen LogP contribution in [0.3, 0.4) is 0 Å². The summed E-state index contributed by atoms with van der Waals surface area (Å²) in [6.45, 7) is 9.64. The molecule has 0 aromatic carbocycles. The minimum atomic E-state index is -0.638. The molecule has 0 spiro atoms. The van der Waals surface area contributed by atoms with Crippen molar-refractivity contribution in [2.45, 2.75) is 52.3 Å². The van der Waals surface area contributed by atoms with E-state index in [4.69, 9.17) is 4.74 Å². The number of nitrogens with zero attached hydrogens (tertiary/aromatic N) is 1. The van der Waals surface area contributed by atoms with Gasteiger partial charge in [-0.3, -0.25) is 4.79 Å². The SMILES string of the molecule is CC(C)C(NC(=O)OC(C)(C)C)C(=O)NCC(c1cccs1)N(C)C. The number of alkyl carbamates (subject to hydrolysis) is 1. The van der Waals surface area contributed by atoms with Crippen LogP contribution in [0.5, 0.6) is 0 Å². The summed E-state index contributed by atoms with van der Waals surface area (Å²) in [6, 6.07) is 3.51. The normalized spacial score (nSPS) is 14.3. The molecule has 6 nitrogen and oxygen atoms in total. The van der Waals surface area contributed by atoms with Crippen molar-refractivity contribution in [3.63, 3.8) is 0 Å².